The van der Waals surface area contributed by atoms with Gasteiger partial charge >= 0.3 is 0 Å². The number of nitrogens with zero attached hydrogens (tertiary/aromatic N) is 4. The quantitative estimate of drug-likeness (QED) is 0.369. The number of rotatable bonds is 5. The lowest BCUT2D eigenvalue weighted by Gasteiger charge is -2.07. The van der Waals surface area contributed by atoms with Crippen molar-refractivity contribution in [3.05, 3.63) is 71.1 Å². The summed E-state index contributed by atoms with van der Waals surface area (Å²) >= 11 is 2.79. The van der Waals surface area contributed by atoms with Crippen LogP contribution in [-0.2, 0) is 4.79 Å². The Balaban J connectivity index is 1.34. The molecule has 2 aromatic carbocycles. The standard InChI is InChI=1S/C23H19N5OS2/c1-14-8-9-19-17(10-14)11-15(2)21-26-27-23(28(19)21)31-13-20(29)25-22-24-18(12-30-22)16-6-4-3-5-7-16/h3-12H,13H2,1-2H3,(H,24,25,29). The Kier molecular flexibility index (Phi) is 5.17. The number of anilines is 1. The lowest BCUT2D eigenvalue weighted by molar-refractivity contribution is -0.113. The summed E-state index contributed by atoms with van der Waals surface area (Å²) < 4.78 is 2.03. The van der Waals surface area contributed by atoms with Crippen molar-refractivity contribution in [3.8, 4) is 11.3 Å². The van der Waals surface area contributed by atoms with Crippen LogP contribution in [0.3, 0.4) is 0 Å². The number of fused-ring (bicyclic) bond motifs is 3. The van der Waals surface area contributed by atoms with Crippen LogP contribution in [0.15, 0.2) is 65.1 Å². The second-order valence-electron chi connectivity index (χ2n) is 7.27. The Labute approximate surface area is 187 Å². The van der Waals surface area contributed by atoms with Gasteiger partial charge in [0.25, 0.3) is 0 Å². The molecule has 0 radical (unpaired) electrons. The molecule has 0 fully saturated rings. The summed E-state index contributed by atoms with van der Waals surface area (Å²) in [4.78, 5) is 17.1. The highest BCUT2D eigenvalue weighted by molar-refractivity contribution is 7.99. The first-order valence-corrected chi connectivity index (χ1v) is 11.6. The number of aromatic nitrogens is 4. The summed E-state index contributed by atoms with van der Waals surface area (Å²) in [6.45, 7) is 4.10. The average molecular weight is 446 g/mol. The topological polar surface area (TPSA) is 72.2 Å². The smallest absolute Gasteiger partial charge is 0.236 e. The van der Waals surface area contributed by atoms with Crippen molar-refractivity contribution in [2.45, 2.75) is 19.0 Å². The van der Waals surface area contributed by atoms with Gasteiger partial charge in [-0.3, -0.25) is 9.20 Å². The fourth-order valence-corrected chi connectivity index (χ4v) is 4.97. The van der Waals surface area contributed by atoms with E-state index in [9.17, 15) is 4.79 Å². The van der Waals surface area contributed by atoms with Gasteiger partial charge in [-0.05, 0) is 43.0 Å². The SMILES string of the molecule is Cc1ccc2c(c1)cc(C)c1nnc(SCC(=O)Nc3nc(-c4ccccc4)cs3)n12. The zero-order chi connectivity index (χ0) is 21.4. The van der Waals surface area contributed by atoms with E-state index in [1.54, 1.807) is 0 Å². The van der Waals surface area contributed by atoms with Gasteiger partial charge in [0.15, 0.2) is 15.9 Å². The first-order chi connectivity index (χ1) is 15.1. The van der Waals surface area contributed by atoms with E-state index in [0.29, 0.717) is 10.3 Å². The third-order valence-corrected chi connectivity index (χ3v) is 6.62. The summed E-state index contributed by atoms with van der Waals surface area (Å²) in [6.07, 6.45) is 0. The minimum atomic E-state index is -0.122. The van der Waals surface area contributed by atoms with Crippen molar-refractivity contribution in [1.82, 2.24) is 19.6 Å². The molecular weight excluding hydrogens is 426 g/mol. The number of benzene rings is 2. The Morgan fingerprint density at radius 3 is 2.77 bits per heavy atom. The number of amides is 1. The second-order valence-corrected chi connectivity index (χ2v) is 9.07. The van der Waals surface area contributed by atoms with Crippen LogP contribution in [-0.4, -0.2) is 31.2 Å². The molecule has 1 amide bonds. The van der Waals surface area contributed by atoms with Gasteiger partial charge in [0.2, 0.25) is 5.91 Å². The molecule has 6 nitrogen and oxygen atoms in total. The molecule has 0 aliphatic carbocycles. The fourth-order valence-electron chi connectivity index (χ4n) is 3.49. The van der Waals surface area contributed by atoms with Crippen molar-refractivity contribution in [3.63, 3.8) is 0 Å². The second kappa shape index (κ2) is 8.13. The average Bonchev–Trinajstić information content (AvgIpc) is 3.40. The van der Waals surface area contributed by atoms with Crippen molar-refractivity contribution in [1.29, 1.82) is 0 Å². The van der Waals surface area contributed by atoms with E-state index in [1.165, 1.54) is 28.7 Å². The van der Waals surface area contributed by atoms with E-state index >= 15 is 0 Å². The van der Waals surface area contributed by atoms with Gasteiger partial charge in [0.1, 0.15) is 0 Å². The highest BCUT2D eigenvalue weighted by Gasteiger charge is 2.15. The molecule has 31 heavy (non-hydrogen) atoms. The van der Waals surface area contributed by atoms with Crippen molar-refractivity contribution < 1.29 is 4.79 Å². The molecule has 0 aliphatic heterocycles. The van der Waals surface area contributed by atoms with Gasteiger partial charge in [-0.15, -0.1) is 21.5 Å². The van der Waals surface area contributed by atoms with Crippen molar-refractivity contribution in [2.24, 2.45) is 0 Å². The van der Waals surface area contributed by atoms with E-state index in [4.69, 9.17) is 0 Å². The molecule has 0 saturated heterocycles. The van der Waals surface area contributed by atoms with Crippen LogP contribution in [0.1, 0.15) is 11.1 Å². The summed E-state index contributed by atoms with van der Waals surface area (Å²) in [6, 6.07) is 18.3. The van der Waals surface area contributed by atoms with E-state index in [1.807, 2.05) is 47.0 Å². The van der Waals surface area contributed by atoms with Gasteiger partial charge in [0, 0.05) is 10.9 Å². The van der Waals surface area contributed by atoms with Crippen LogP contribution in [0, 0.1) is 13.8 Å². The summed E-state index contributed by atoms with van der Waals surface area (Å²) in [5.41, 5.74) is 5.98. The zero-order valence-corrected chi connectivity index (χ0v) is 18.6. The lowest BCUT2D eigenvalue weighted by Crippen LogP contribution is -2.14. The maximum atomic E-state index is 12.5. The predicted octanol–water partition coefficient (Wildman–Crippen LogP) is 5.35. The Bertz CT molecular complexity index is 1410. The first-order valence-electron chi connectivity index (χ1n) is 9.77. The zero-order valence-electron chi connectivity index (χ0n) is 17.0. The maximum absolute atomic E-state index is 12.5. The summed E-state index contributed by atoms with van der Waals surface area (Å²) in [5.74, 6) is 0.103. The van der Waals surface area contributed by atoms with Crippen LogP contribution in [0.4, 0.5) is 5.13 Å². The normalized spacial score (nSPS) is 11.3. The van der Waals surface area contributed by atoms with Crippen LogP contribution in [0.5, 0.6) is 0 Å². The molecule has 154 valence electrons. The number of nitrogens with one attached hydrogen (secondary N) is 1. The van der Waals surface area contributed by atoms with Crippen molar-refractivity contribution in [2.75, 3.05) is 11.1 Å². The molecular formula is C23H19N5OS2. The van der Waals surface area contributed by atoms with Crippen LogP contribution in [0.2, 0.25) is 0 Å². The largest absolute Gasteiger partial charge is 0.301 e. The van der Waals surface area contributed by atoms with E-state index in [0.717, 1.165) is 33.4 Å². The Morgan fingerprint density at radius 2 is 1.94 bits per heavy atom. The molecule has 0 spiro atoms. The first kappa shape index (κ1) is 19.7. The number of hydrogen-bond acceptors (Lipinski definition) is 6. The molecule has 5 rings (SSSR count). The number of pyridine rings is 1. The molecule has 1 N–H and O–H groups in total. The molecule has 3 aromatic heterocycles. The number of carbonyl (C=O) groups excluding carboxylic acids is 1. The molecule has 3 heterocycles. The van der Waals surface area contributed by atoms with E-state index < -0.39 is 0 Å². The van der Waals surface area contributed by atoms with Crippen LogP contribution in [0.25, 0.3) is 27.8 Å². The molecule has 0 atom stereocenters. The van der Waals surface area contributed by atoms with Crippen LogP contribution < -0.4 is 5.32 Å². The highest BCUT2D eigenvalue weighted by atomic mass is 32.2. The molecule has 8 heteroatoms. The fraction of sp³-hybridized carbons (Fsp3) is 0.130. The van der Waals surface area contributed by atoms with Gasteiger partial charge in [-0.25, -0.2) is 4.98 Å². The number of thiazole rings is 1. The van der Waals surface area contributed by atoms with Gasteiger partial charge in [-0.2, -0.15) is 0 Å². The molecule has 0 unspecified atom stereocenters. The Morgan fingerprint density at radius 1 is 1.10 bits per heavy atom. The summed E-state index contributed by atoms with van der Waals surface area (Å²) in [5, 5.41) is 15.9. The van der Waals surface area contributed by atoms with E-state index in [2.05, 4.69) is 51.7 Å². The van der Waals surface area contributed by atoms with Crippen molar-refractivity contribution >= 4 is 50.7 Å². The highest BCUT2D eigenvalue weighted by Crippen LogP contribution is 2.27. The number of carbonyl (C=O) groups is 1. The molecule has 0 bridgehead atoms. The third-order valence-electron chi connectivity index (χ3n) is 4.93. The molecule has 0 aliphatic rings. The van der Waals surface area contributed by atoms with Gasteiger partial charge in [-0.1, -0.05) is 53.7 Å². The maximum Gasteiger partial charge on any atom is 0.236 e. The Hall–Kier alpha value is -3.23. The predicted molar refractivity (Wildman–Crippen MR) is 127 cm³/mol. The van der Waals surface area contributed by atoms with Gasteiger partial charge < -0.3 is 5.32 Å². The molecule has 5 aromatic rings. The minimum absolute atomic E-state index is 0.122. The summed E-state index contributed by atoms with van der Waals surface area (Å²) in [7, 11) is 0. The van der Waals surface area contributed by atoms with E-state index in [-0.39, 0.29) is 11.7 Å². The molecule has 0 saturated carbocycles. The number of hydrogen-bond donors (Lipinski definition) is 1. The minimum Gasteiger partial charge on any atom is -0.301 e. The lowest BCUT2D eigenvalue weighted by atomic mass is 10.1. The van der Waals surface area contributed by atoms with Gasteiger partial charge in [0.05, 0.1) is 17.0 Å². The monoisotopic (exact) mass is 445 g/mol. The third kappa shape index (κ3) is 3.92. The number of thioether (sulfide) groups is 1. The van der Waals surface area contributed by atoms with Crippen LogP contribution >= 0.6 is 23.1 Å². The number of aryl methyl sites for hydroxylation is 2.